The molecule has 0 aliphatic heterocycles. The van der Waals surface area contributed by atoms with Crippen molar-refractivity contribution < 1.29 is 9.21 Å². The molecule has 0 fully saturated rings. The fraction of sp³-hybridized carbons (Fsp3) is 0.615. The molecule has 0 aromatic carbocycles. The average molecular weight is 238 g/mol. The van der Waals surface area contributed by atoms with Gasteiger partial charge in [0.15, 0.2) is 0 Å². The zero-order valence-corrected chi connectivity index (χ0v) is 10.8. The second-order valence-electron chi connectivity index (χ2n) is 4.80. The molecule has 2 atom stereocenters. The van der Waals surface area contributed by atoms with Crippen LogP contribution in [0.25, 0.3) is 0 Å². The lowest BCUT2D eigenvalue weighted by Crippen LogP contribution is -2.47. The van der Waals surface area contributed by atoms with Crippen LogP contribution in [-0.2, 0) is 11.2 Å². The van der Waals surface area contributed by atoms with E-state index in [1.54, 1.807) is 6.26 Å². The van der Waals surface area contributed by atoms with Crippen LogP contribution in [0.4, 0.5) is 0 Å². The minimum atomic E-state index is -0.430. The third-order valence-electron chi connectivity index (χ3n) is 2.81. The van der Waals surface area contributed by atoms with Gasteiger partial charge in [-0.1, -0.05) is 13.8 Å². The largest absolute Gasteiger partial charge is 0.469 e. The normalized spacial score (nSPS) is 14.6. The van der Waals surface area contributed by atoms with Gasteiger partial charge >= 0.3 is 0 Å². The third kappa shape index (κ3) is 4.61. The summed E-state index contributed by atoms with van der Waals surface area (Å²) in [7, 11) is 0. The summed E-state index contributed by atoms with van der Waals surface area (Å²) < 4.78 is 5.24. The highest BCUT2D eigenvalue weighted by atomic mass is 16.3. The first-order valence-corrected chi connectivity index (χ1v) is 6.09. The van der Waals surface area contributed by atoms with E-state index in [9.17, 15) is 4.79 Å². The average Bonchev–Trinajstić information content (AvgIpc) is 2.77. The molecular weight excluding hydrogens is 216 g/mol. The zero-order valence-electron chi connectivity index (χ0n) is 10.8. The van der Waals surface area contributed by atoms with Crippen molar-refractivity contribution in [2.45, 2.75) is 45.7 Å². The van der Waals surface area contributed by atoms with Crippen LogP contribution in [0.2, 0.25) is 0 Å². The first kappa shape index (κ1) is 13.8. The molecule has 1 aromatic heterocycles. The summed E-state index contributed by atoms with van der Waals surface area (Å²) >= 11 is 0. The van der Waals surface area contributed by atoms with Gasteiger partial charge < -0.3 is 15.5 Å². The molecule has 0 saturated heterocycles. The number of furan rings is 1. The molecule has 3 N–H and O–H groups in total. The molecule has 4 heteroatoms. The number of hydrogen-bond donors (Lipinski definition) is 2. The molecule has 1 amide bonds. The van der Waals surface area contributed by atoms with Crippen LogP contribution in [0.15, 0.2) is 22.8 Å². The maximum absolute atomic E-state index is 11.7. The van der Waals surface area contributed by atoms with Gasteiger partial charge in [0.05, 0.1) is 12.3 Å². The second-order valence-corrected chi connectivity index (χ2v) is 4.80. The number of carbonyl (C=O) groups excluding carboxylic acids is 1. The van der Waals surface area contributed by atoms with Crippen molar-refractivity contribution in [3.63, 3.8) is 0 Å². The van der Waals surface area contributed by atoms with Crippen molar-refractivity contribution in [3.8, 4) is 0 Å². The van der Waals surface area contributed by atoms with Gasteiger partial charge in [-0.2, -0.15) is 0 Å². The van der Waals surface area contributed by atoms with Crippen molar-refractivity contribution in [1.29, 1.82) is 0 Å². The summed E-state index contributed by atoms with van der Waals surface area (Å²) in [6.07, 6.45) is 3.34. The maximum Gasteiger partial charge on any atom is 0.237 e. The number of amides is 1. The van der Waals surface area contributed by atoms with Crippen molar-refractivity contribution >= 4 is 5.91 Å². The Labute approximate surface area is 103 Å². The highest BCUT2D eigenvalue weighted by Crippen LogP contribution is 2.06. The Hall–Kier alpha value is -1.29. The van der Waals surface area contributed by atoms with E-state index in [4.69, 9.17) is 10.2 Å². The van der Waals surface area contributed by atoms with E-state index >= 15 is 0 Å². The monoisotopic (exact) mass is 238 g/mol. The van der Waals surface area contributed by atoms with Crippen molar-refractivity contribution in [3.05, 3.63) is 24.2 Å². The summed E-state index contributed by atoms with van der Waals surface area (Å²) in [5, 5.41) is 2.92. The number of nitrogens with one attached hydrogen (secondary N) is 1. The van der Waals surface area contributed by atoms with Crippen LogP contribution in [0.5, 0.6) is 0 Å². The number of hydrogen-bond acceptors (Lipinski definition) is 3. The van der Waals surface area contributed by atoms with Crippen molar-refractivity contribution in [2.75, 3.05) is 0 Å². The topological polar surface area (TPSA) is 68.3 Å². The second kappa shape index (κ2) is 6.45. The van der Waals surface area contributed by atoms with E-state index < -0.39 is 6.04 Å². The highest BCUT2D eigenvalue weighted by Gasteiger charge is 2.18. The Balaban J connectivity index is 2.29. The smallest absolute Gasteiger partial charge is 0.237 e. The van der Waals surface area contributed by atoms with E-state index in [0.29, 0.717) is 0 Å². The quantitative estimate of drug-likeness (QED) is 0.792. The van der Waals surface area contributed by atoms with Crippen LogP contribution < -0.4 is 11.1 Å². The van der Waals surface area contributed by atoms with Crippen LogP contribution in [0.1, 0.15) is 33.0 Å². The number of rotatable bonds is 6. The lowest BCUT2D eigenvalue weighted by atomic mass is 10.0. The minimum Gasteiger partial charge on any atom is -0.469 e. The lowest BCUT2D eigenvalue weighted by Gasteiger charge is -2.19. The molecule has 0 aliphatic rings. The van der Waals surface area contributed by atoms with E-state index in [1.165, 1.54) is 0 Å². The third-order valence-corrected chi connectivity index (χ3v) is 2.81. The van der Waals surface area contributed by atoms with Gasteiger partial charge in [0.25, 0.3) is 0 Å². The first-order valence-electron chi connectivity index (χ1n) is 6.09. The summed E-state index contributed by atoms with van der Waals surface area (Å²) in [6.45, 7) is 5.86. The number of nitrogens with two attached hydrogens (primary N) is 1. The fourth-order valence-electron chi connectivity index (χ4n) is 1.53. The van der Waals surface area contributed by atoms with Gasteiger partial charge in [-0.05, 0) is 31.4 Å². The Kier molecular flexibility index (Phi) is 5.22. The van der Waals surface area contributed by atoms with E-state index in [1.807, 2.05) is 32.9 Å². The van der Waals surface area contributed by atoms with Crippen LogP contribution in [0, 0.1) is 5.92 Å². The lowest BCUT2D eigenvalue weighted by molar-refractivity contribution is -0.123. The van der Waals surface area contributed by atoms with Gasteiger partial charge in [0, 0.05) is 12.5 Å². The Bertz CT molecular complexity index is 333. The summed E-state index contributed by atoms with van der Waals surface area (Å²) in [4.78, 5) is 11.7. The van der Waals surface area contributed by atoms with E-state index in [2.05, 4.69) is 5.32 Å². The number of carbonyl (C=O) groups is 1. The molecule has 0 bridgehead atoms. The number of aryl methyl sites for hydroxylation is 1. The van der Waals surface area contributed by atoms with Gasteiger partial charge in [-0.25, -0.2) is 0 Å². The molecule has 96 valence electrons. The Morgan fingerprint density at radius 3 is 2.71 bits per heavy atom. The first-order chi connectivity index (χ1) is 8.00. The molecule has 1 aromatic rings. The predicted molar refractivity (Wildman–Crippen MR) is 67.4 cm³/mol. The summed E-state index contributed by atoms with van der Waals surface area (Å²) in [5.41, 5.74) is 5.77. The maximum atomic E-state index is 11.7. The van der Waals surface area contributed by atoms with Crippen molar-refractivity contribution in [2.24, 2.45) is 11.7 Å². The molecule has 0 saturated carbocycles. The molecule has 17 heavy (non-hydrogen) atoms. The SMILES string of the molecule is CC(CCc1ccco1)NC(=O)[C@H](N)C(C)C. The molecule has 4 nitrogen and oxygen atoms in total. The fourth-order valence-corrected chi connectivity index (χ4v) is 1.53. The Morgan fingerprint density at radius 1 is 1.47 bits per heavy atom. The standard InChI is InChI=1S/C13H22N2O2/c1-9(2)12(14)13(16)15-10(3)6-7-11-5-4-8-17-11/h4-5,8-10,12H,6-7,14H2,1-3H3,(H,15,16)/t10?,12-/m1/s1. The van der Waals surface area contributed by atoms with E-state index in [0.717, 1.165) is 18.6 Å². The van der Waals surface area contributed by atoms with Gasteiger partial charge in [0.2, 0.25) is 5.91 Å². The minimum absolute atomic E-state index is 0.0769. The summed E-state index contributed by atoms with van der Waals surface area (Å²) in [6, 6.07) is 3.49. The van der Waals surface area contributed by atoms with Crippen LogP contribution in [0.3, 0.4) is 0 Å². The molecule has 1 unspecified atom stereocenters. The molecule has 1 heterocycles. The van der Waals surface area contributed by atoms with Gasteiger partial charge in [-0.3, -0.25) is 4.79 Å². The Morgan fingerprint density at radius 2 is 2.18 bits per heavy atom. The molecule has 1 rings (SSSR count). The summed E-state index contributed by atoms with van der Waals surface area (Å²) in [5.74, 6) is 1.03. The van der Waals surface area contributed by atoms with Gasteiger partial charge in [0.1, 0.15) is 5.76 Å². The van der Waals surface area contributed by atoms with Crippen LogP contribution >= 0.6 is 0 Å². The molecule has 0 aliphatic carbocycles. The predicted octanol–water partition coefficient (Wildman–Crippen LogP) is 1.70. The highest BCUT2D eigenvalue weighted by molar-refractivity contribution is 5.81. The van der Waals surface area contributed by atoms with Gasteiger partial charge in [-0.15, -0.1) is 0 Å². The zero-order chi connectivity index (χ0) is 12.8. The van der Waals surface area contributed by atoms with E-state index in [-0.39, 0.29) is 17.9 Å². The molecule has 0 radical (unpaired) electrons. The molecular formula is C13H22N2O2. The molecule has 0 spiro atoms. The van der Waals surface area contributed by atoms with Crippen molar-refractivity contribution in [1.82, 2.24) is 5.32 Å². The van der Waals surface area contributed by atoms with Crippen LogP contribution in [-0.4, -0.2) is 18.0 Å².